The topological polar surface area (TPSA) is 49.8 Å². The van der Waals surface area contributed by atoms with Gasteiger partial charge in [-0.25, -0.2) is 4.98 Å². The summed E-state index contributed by atoms with van der Waals surface area (Å²) in [6, 6.07) is 16.5. The molecule has 0 unspecified atom stereocenters. The number of aryl methyl sites for hydroxylation is 3. The van der Waals surface area contributed by atoms with Crippen LogP contribution >= 0.6 is 15.9 Å². The lowest BCUT2D eigenvalue weighted by molar-refractivity contribution is 1.03. The van der Waals surface area contributed by atoms with E-state index in [2.05, 4.69) is 80.7 Å². The Morgan fingerprint density at radius 2 is 1.80 bits per heavy atom. The van der Waals surface area contributed by atoms with Gasteiger partial charge in [-0.3, -0.25) is 0 Å². The fraction of sp³-hybridized carbons (Fsp3) is 0.200. The van der Waals surface area contributed by atoms with Gasteiger partial charge in [-0.1, -0.05) is 51.8 Å². The summed E-state index contributed by atoms with van der Waals surface area (Å²) in [5.74, 6) is 1.39. The summed E-state index contributed by atoms with van der Waals surface area (Å²) in [5, 5.41) is 6.64. The third kappa shape index (κ3) is 4.79. The van der Waals surface area contributed by atoms with E-state index in [0.29, 0.717) is 12.5 Å². The minimum Gasteiger partial charge on any atom is -0.350 e. The molecule has 0 radical (unpaired) electrons. The average molecular weight is 397 g/mol. The first-order valence-electron chi connectivity index (χ1n) is 8.18. The minimum absolute atomic E-state index is 0.621. The van der Waals surface area contributed by atoms with Crippen LogP contribution in [-0.4, -0.2) is 9.97 Å². The van der Waals surface area contributed by atoms with Crippen molar-refractivity contribution in [1.82, 2.24) is 9.97 Å². The number of benzene rings is 2. The molecule has 0 saturated heterocycles. The zero-order chi connectivity index (χ0) is 17.8. The summed E-state index contributed by atoms with van der Waals surface area (Å²) < 4.78 is 1.07. The van der Waals surface area contributed by atoms with Crippen LogP contribution in [0.2, 0.25) is 0 Å². The highest BCUT2D eigenvalue weighted by molar-refractivity contribution is 9.10. The number of anilines is 3. The van der Waals surface area contributed by atoms with Crippen LogP contribution in [0.3, 0.4) is 0 Å². The van der Waals surface area contributed by atoms with Gasteiger partial charge in [0.1, 0.15) is 5.82 Å². The lowest BCUT2D eigenvalue weighted by Gasteiger charge is -2.11. The van der Waals surface area contributed by atoms with Crippen LogP contribution < -0.4 is 10.6 Å². The molecule has 0 aliphatic carbocycles. The van der Waals surface area contributed by atoms with Crippen molar-refractivity contribution in [2.24, 2.45) is 0 Å². The van der Waals surface area contributed by atoms with Crippen LogP contribution in [-0.2, 0) is 6.54 Å². The van der Waals surface area contributed by atoms with Crippen molar-refractivity contribution < 1.29 is 0 Å². The fourth-order valence-corrected chi connectivity index (χ4v) is 2.91. The molecule has 2 N–H and O–H groups in total. The molecule has 0 spiro atoms. The van der Waals surface area contributed by atoms with Crippen LogP contribution in [0.15, 0.2) is 53.0 Å². The summed E-state index contributed by atoms with van der Waals surface area (Å²) in [4.78, 5) is 9.04. The van der Waals surface area contributed by atoms with Gasteiger partial charge in [0.25, 0.3) is 0 Å². The zero-order valence-corrected chi connectivity index (χ0v) is 16.2. The number of nitrogens with one attached hydrogen (secondary N) is 2. The van der Waals surface area contributed by atoms with Crippen LogP contribution in [0.5, 0.6) is 0 Å². The molecule has 25 heavy (non-hydrogen) atoms. The van der Waals surface area contributed by atoms with Gasteiger partial charge in [-0.15, -0.1) is 0 Å². The van der Waals surface area contributed by atoms with E-state index in [-0.39, 0.29) is 0 Å². The number of rotatable bonds is 5. The number of halogens is 1. The molecule has 2 aromatic carbocycles. The maximum absolute atomic E-state index is 4.57. The minimum atomic E-state index is 0.621. The molecular weight excluding hydrogens is 376 g/mol. The van der Waals surface area contributed by atoms with Gasteiger partial charge in [-0.2, -0.15) is 4.98 Å². The standard InChI is InChI=1S/C20H21BrN4/c1-13-5-4-6-16(9-13)12-22-20-23-15(3)10-19(25-20)24-17-8-7-14(2)18(21)11-17/h4-11H,12H2,1-3H3,(H2,22,23,24,25). The van der Waals surface area contributed by atoms with Crippen molar-refractivity contribution >= 4 is 33.4 Å². The molecule has 3 rings (SSSR count). The number of hydrogen-bond acceptors (Lipinski definition) is 4. The first-order valence-corrected chi connectivity index (χ1v) is 8.97. The Kier molecular flexibility index (Phi) is 5.34. The number of aromatic nitrogens is 2. The predicted molar refractivity (Wildman–Crippen MR) is 107 cm³/mol. The SMILES string of the molecule is Cc1cccc(CNc2nc(C)cc(Nc3ccc(C)c(Br)c3)n2)c1. The van der Waals surface area contributed by atoms with E-state index in [4.69, 9.17) is 0 Å². The van der Waals surface area contributed by atoms with Gasteiger partial charge in [0.15, 0.2) is 0 Å². The Hall–Kier alpha value is -2.40. The Balaban J connectivity index is 1.74. The lowest BCUT2D eigenvalue weighted by Crippen LogP contribution is -2.06. The normalized spacial score (nSPS) is 10.6. The predicted octanol–water partition coefficient (Wildman–Crippen LogP) is 5.52. The van der Waals surface area contributed by atoms with E-state index in [0.717, 1.165) is 21.7 Å². The van der Waals surface area contributed by atoms with Gasteiger partial charge in [-0.05, 0) is 44.0 Å². The molecule has 128 valence electrons. The molecule has 0 saturated carbocycles. The van der Waals surface area contributed by atoms with Crippen LogP contribution in [0, 0.1) is 20.8 Å². The van der Waals surface area contributed by atoms with Crippen molar-refractivity contribution in [3.05, 3.63) is 75.4 Å². The van der Waals surface area contributed by atoms with E-state index in [9.17, 15) is 0 Å². The molecule has 5 heteroatoms. The highest BCUT2D eigenvalue weighted by Gasteiger charge is 2.04. The average Bonchev–Trinajstić information content (AvgIpc) is 2.56. The number of nitrogens with zero attached hydrogens (tertiary/aromatic N) is 2. The number of hydrogen-bond donors (Lipinski definition) is 2. The summed E-state index contributed by atoms with van der Waals surface area (Å²) >= 11 is 3.56. The second-order valence-corrected chi connectivity index (χ2v) is 7.00. The molecular formula is C20H21BrN4. The Bertz CT molecular complexity index is 893. The van der Waals surface area contributed by atoms with Gasteiger partial charge in [0, 0.05) is 28.5 Å². The van der Waals surface area contributed by atoms with E-state index in [1.54, 1.807) is 0 Å². The van der Waals surface area contributed by atoms with Crippen molar-refractivity contribution in [3.63, 3.8) is 0 Å². The van der Waals surface area contributed by atoms with Crippen molar-refractivity contribution in [2.45, 2.75) is 27.3 Å². The molecule has 4 nitrogen and oxygen atoms in total. The van der Waals surface area contributed by atoms with Crippen molar-refractivity contribution in [2.75, 3.05) is 10.6 Å². The summed E-state index contributed by atoms with van der Waals surface area (Å²) in [5.41, 5.74) is 5.56. The third-order valence-electron chi connectivity index (χ3n) is 3.83. The summed E-state index contributed by atoms with van der Waals surface area (Å²) in [6.45, 7) is 6.82. The first-order chi connectivity index (χ1) is 12.0. The second kappa shape index (κ2) is 7.66. The Labute approximate surface area is 156 Å². The van der Waals surface area contributed by atoms with Crippen molar-refractivity contribution in [1.29, 1.82) is 0 Å². The van der Waals surface area contributed by atoms with Crippen LogP contribution in [0.1, 0.15) is 22.4 Å². The van der Waals surface area contributed by atoms with Gasteiger partial charge in [0.05, 0.1) is 0 Å². The molecule has 3 aromatic rings. The molecule has 0 aliphatic heterocycles. The smallest absolute Gasteiger partial charge is 0.225 e. The molecule has 1 aromatic heterocycles. The molecule has 0 bridgehead atoms. The van der Waals surface area contributed by atoms with E-state index in [1.807, 2.05) is 25.1 Å². The van der Waals surface area contributed by atoms with Gasteiger partial charge in [0.2, 0.25) is 5.95 Å². The highest BCUT2D eigenvalue weighted by Crippen LogP contribution is 2.23. The first kappa shape index (κ1) is 17.4. The highest BCUT2D eigenvalue weighted by atomic mass is 79.9. The monoisotopic (exact) mass is 396 g/mol. The van der Waals surface area contributed by atoms with E-state index in [1.165, 1.54) is 16.7 Å². The molecule has 0 atom stereocenters. The Morgan fingerprint density at radius 3 is 2.56 bits per heavy atom. The molecule has 0 fully saturated rings. The lowest BCUT2D eigenvalue weighted by atomic mass is 10.1. The fourth-order valence-electron chi connectivity index (χ4n) is 2.53. The zero-order valence-electron chi connectivity index (χ0n) is 14.6. The van der Waals surface area contributed by atoms with Crippen LogP contribution in [0.4, 0.5) is 17.5 Å². The van der Waals surface area contributed by atoms with Crippen LogP contribution in [0.25, 0.3) is 0 Å². The molecule has 0 amide bonds. The van der Waals surface area contributed by atoms with Crippen molar-refractivity contribution in [3.8, 4) is 0 Å². The van der Waals surface area contributed by atoms with E-state index < -0.39 is 0 Å². The molecule has 1 heterocycles. The van der Waals surface area contributed by atoms with E-state index >= 15 is 0 Å². The third-order valence-corrected chi connectivity index (χ3v) is 4.69. The quantitative estimate of drug-likeness (QED) is 0.595. The maximum Gasteiger partial charge on any atom is 0.225 e. The largest absolute Gasteiger partial charge is 0.350 e. The second-order valence-electron chi connectivity index (χ2n) is 6.15. The van der Waals surface area contributed by atoms with Gasteiger partial charge < -0.3 is 10.6 Å². The summed E-state index contributed by atoms with van der Waals surface area (Å²) in [6.07, 6.45) is 0. The maximum atomic E-state index is 4.57. The molecule has 0 aliphatic rings. The summed E-state index contributed by atoms with van der Waals surface area (Å²) in [7, 11) is 0. The van der Waals surface area contributed by atoms with Gasteiger partial charge >= 0.3 is 0 Å². The Morgan fingerprint density at radius 1 is 0.960 bits per heavy atom.